The van der Waals surface area contributed by atoms with Crippen molar-refractivity contribution in [3.63, 3.8) is 0 Å². The number of rotatable bonds is 1. The first-order valence-corrected chi connectivity index (χ1v) is 9.18. The van der Waals surface area contributed by atoms with Gasteiger partial charge in [-0.15, -0.1) is 0 Å². The minimum absolute atomic E-state index is 0.0804. The first-order chi connectivity index (χ1) is 12.5. The number of likely N-dealkylation sites (tertiary alicyclic amines) is 1. The highest BCUT2D eigenvalue weighted by molar-refractivity contribution is 5.75. The van der Waals surface area contributed by atoms with Gasteiger partial charge in [0.1, 0.15) is 11.4 Å². The summed E-state index contributed by atoms with van der Waals surface area (Å²) in [6.45, 7) is 5.99. The van der Waals surface area contributed by atoms with E-state index in [-0.39, 0.29) is 11.8 Å². The Morgan fingerprint density at radius 2 is 1.65 bits per heavy atom. The van der Waals surface area contributed by atoms with Crippen molar-refractivity contribution in [1.82, 2.24) is 19.4 Å². The van der Waals surface area contributed by atoms with Crippen molar-refractivity contribution >= 4 is 11.8 Å². The number of carbonyl (C=O) groups excluding carboxylic acids is 2. The molecule has 0 unspecified atom stereocenters. The highest BCUT2D eigenvalue weighted by Crippen LogP contribution is 2.42. The molecule has 2 aliphatic rings. The molecule has 1 aromatic heterocycles. The van der Waals surface area contributed by atoms with Crippen molar-refractivity contribution in [2.45, 2.75) is 38.8 Å². The molecule has 2 aliphatic heterocycles. The van der Waals surface area contributed by atoms with E-state index in [1.807, 2.05) is 34.2 Å². The van der Waals surface area contributed by atoms with E-state index in [4.69, 9.17) is 4.98 Å². The molecule has 0 saturated carbocycles. The van der Waals surface area contributed by atoms with E-state index in [9.17, 15) is 9.59 Å². The fourth-order valence-corrected chi connectivity index (χ4v) is 4.49. The summed E-state index contributed by atoms with van der Waals surface area (Å²) in [7, 11) is 0. The molecular weight excluding hydrogens is 328 g/mol. The monoisotopic (exact) mass is 352 g/mol. The molecule has 26 heavy (non-hydrogen) atoms. The van der Waals surface area contributed by atoms with Crippen LogP contribution in [0.25, 0.3) is 11.3 Å². The van der Waals surface area contributed by atoms with Crippen LogP contribution in [0.2, 0.25) is 0 Å². The zero-order valence-corrected chi connectivity index (χ0v) is 15.3. The Labute approximate surface area is 153 Å². The number of carbonyl (C=O) groups is 2. The molecule has 2 amide bonds. The van der Waals surface area contributed by atoms with E-state index in [1.54, 1.807) is 13.8 Å². The number of aromatic nitrogens is 2. The summed E-state index contributed by atoms with van der Waals surface area (Å²) in [6, 6.07) is 10.2. The number of piperidine rings is 1. The van der Waals surface area contributed by atoms with Gasteiger partial charge in [0.25, 0.3) is 0 Å². The van der Waals surface area contributed by atoms with Crippen molar-refractivity contribution < 1.29 is 9.59 Å². The number of nitrogens with zero attached hydrogens (tertiary/aromatic N) is 4. The number of hydrogen-bond acceptors (Lipinski definition) is 3. The molecule has 6 heteroatoms. The van der Waals surface area contributed by atoms with Crippen LogP contribution in [0, 0.1) is 0 Å². The van der Waals surface area contributed by atoms with Crippen LogP contribution in [0.5, 0.6) is 0 Å². The van der Waals surface area contributed by atoms with E-state index in [2.05, 4.69) is 16.7 Å². The Morgan fingerprint density at radius 1 is 0.962 bits per heavy atom. The van der Waals surface area contributed by atoms with Crippen LogP contribution in [0.1, 0.15) is 32.5 Å². The third-order valence-corrected chi connectivity index (χ3v) is 5.82. The van der Waals surface area contributed by atoms with Crippen LogP contribution in [-0.2, 0) is 21.7 Å². The van der Waals surface area contributed by atoms with Gasteiger partial charge < -0.3 is 14.4 Å². The second-order valence-electron chi connectivity index (χ2n) is 7.19. The molecule has 136 valence electrons. The maximum absolute atomic E-state index is 12.4. The smallest absolute Gasteiger partial charge is 0.220 e. The van der Waals surface area contributed by atoms with Gasteiger partial charge in [-0.2, -0.15) is 0 Å². The van der Waals surface area contributed by atoms with Gasteiger partial charge in [0.15, 0.2) is 0 Å². The highest BCUT2D eigenvalue weighted by atomic mass is 16.2. The second kappa shape index (κ2) is 6.27. The zero-order valence-electron chi connectivity index (χ0n) is 15.3. The third-order valence-electron chi connectivity index (χ3n) is 5.82. The highest BCUT2D eigenvalue weighted by Gasteiger charge is 2.48. The Balaban J connectivity index is 1.77. The van der Waals surface area contributed by atoms with Crippen LogP contribution < -0.4 is 0 Å². The Hall–Kier alpha value is -2.63. The fraction of sp³-hybridized carbons (Fsp3) is 0.450. The van der Waals surface area contributed by atoms with E-state index in [0.717, 1.165) is 36.5 Å². The molecule has 1 saturated heterocycles. The van der Waals surface area contributed by atoms with Gasteiger partial charge in [-0.3, -0.25) is 9.59 Å². The van der Waals surface area contributed by atoms with Gasteiger partial charge >= 0.3 is 0 Å². The lowest BCUT2D eigenvalue weighted by Gasteiger charge is -2.50. The van der Waals surface area contributed by atoms with Gasteiger partial charge in [0, 0.05) is 40.0 Å². The van der Waals surface area contributed by atoms with E-state index >= 15 is 0 Å². The minimum Gasteiger partial charge on any atom is -0.343 e. The van der Waals surface area contributed by atoms with Gasteiger partial charge in [0.05, 0.1) is 11.9 Å². The van der Waals surface area contributed by atoms with Crippen LogP contribution >= 0.6 is 0 Å². The number of fused-ring (bicyclic) bond motifs is 2. The molecule has 1 aromatic carbocycles. The van der Waals surface area contributed by atoms with E-state index in [1.165, 1.54) is 0 Å². The Bertz CT molecular complexity index is 835. The van der Waals surface area contributed by atoms with Crippen LogP contribution in [0.4, 0.5) is 0 Å². The topological polar surface area (TPSA) is 58.4 Å². The lowest BCUT2D eigenvalue weighted by atomic mass is 9.83. The van der Waals surface area contributed by atoms with Gasteiger partial charge in [0.2, 0.25) is 11.8 Å². The molecule has 0 bridgehead atoms. The molecular formula is C20H24N4O2. The fourth-order valence-electron chi connectivity index (χ4n) is 4.49. The summed E-state index contributed by atoms with van der Waals surface area (Å²) in [5, 5.41) is 0. The van der Waals surface area contributed by atoms with Crippen LogP contribution in [0.15, 0.2) is 36.5 Å². The van der Waals surface area contributed by atoms with Gasteiger partial charge in [-0.25, -0.2) is 4.98 Å². The minimum atomic E-state index is -0.414. The van der Waals surface area contributed by atoms with Gasteiger partial charge in [-0.05, 0) is 18.4 Å². The predicted molar refractivity (Wildman–Crippen MR) is 98.2 cm³/mol. The largest absolute Gasteiger partial charge is 0.343 e. The van der Waals surface area contributed by atoms with Crippen LogP contribution in [0.3, 0.4) is 0 Å². The Kier molecular flexibility index (Phi) is 4.05. The van der Waals surface area contributed by atoms with Crippen molar-refractivity contribution in [1.29, 1.82) is 0 Å². The lowest BCUT2D eigenvalue weighted by Crippen LogP contribution is -2.59. The van der Waals surface area contributed by atoms with Crippen molar-refractivity contribution in [3.05, 3.63) is 42.4 Å². The van der Waals surface area contributed by atoms with Crippen molar-refractivity contribution in [2.24, 2.45) is 0 Å². The van der Waals surface area contributed by atoms with Crippen molar-refractivity contribution in [2.75, 3.05) is 19.6 Å². The molecule has 6 nitrogen and oxygen atoms in total. The average Bonchev–Trinajstić information content (AvgIpc) is 3.08. The number of benzene rings is 1. The first kappa shape index (κ1) is 16.8. The summed E-state index contributed by atoms with van der Waals surface area (Å²) >= 11 is 0. The second-order valence-corrected chi connectivity index (χ2v) is 7.19. The average molecular weight is 352 g/mol. The molecule has 1 spiro atoms. The van der Waals surface area contributed by atoms with E-state index < -0.39 is 5.54 Å². The SMILES string of the molecule is CC(=O)N1CCC2(CC1)c1ncc(-c3ccccc3)n1CCN2C(C)=O. The molecule has 3 heterocycles. The first-order valence-electron chi connectivity index (χ1n) is 9.18. The number of imidazole rings is 1. The number of hydrogen-bond donors (Lipinski definition) is 0. The summed E-state index contributed by atoms with van der Waals surface area (Å²) in [4.78, 5) is 32.7. The quantitative estimate of drug-likeness (QED) is 0.791. The van der Waals surface area contributed by atoms with Crippen molar-refractivity contribution in [3.8, 4) is 11.3 Å². The molecule has 0 atom stereocenters. The number of amides is 2. The zero-order chi connectivity index (χ0) is 18.3. The van der Waals surface area contributed by atoms with Crippen LogP contribution in [-0.4, -0.2) is 50.8 Å². The predicted octanol–water partition coefficient (Wildman–Crippen LogP) is 2.25. The molecule has 0 aliphatic carbocycles. The Morgan fingerprint density at radius 3 is 2.27 bits per heavy atom. The summed E-state index contributed by atoms with van der Waals surface area (Å²) in [5.41, 5.74) is 1.82. The summed E-state index contributed by atoms with van der Waals surface area (Å²) in [5.74, 6) is 1.14. The third kappa shape index (κ3) is 2.52. The summed E-state index contributed by atoms with van der Waals surface area (Å²) in [6.07, 6.45) is 3.39. The standard InChI is InChI=1S/C20H24N4O2/c1-15(25)22-10-8-20(9-11-22)19-21-14-18(17-6-4-3-5-7-17)23(19)12-13-24(20)16(2)26/h3-7,14H,8-13H2,1-2H3. The lowest BCUT2D eigenvalue weighted by molar-refractivity contribution is -0.143. The molecule has 0 radical (unpaired) electrons. The molecule has 0 N–H and O–H groups in total. The normalized spacial score (nSPS) is 18.7. The molecule has 2 aromatic rings. The molecule has 1 fully saturated rings. The maximum Gasteiger partial charge on any atom is 0.220 e. The maximum atomic E-state index is 12.4. The summed E-state index contributed by atoms with van der Waals surface area (Å²) < 4.78 is 2.26. The van der Waals surface area contributed by atoms with E-state index in [0.29, 0.717) is 19.6 Å². The molecule has 4 rings (SSSR count). The van der Waals surface area contributed by atoms with Gasteiger partial charge in [-0.1, -0.05) is 30.3 Å².